The summed E-state index contributed by atoms with van der Waals surface area (Å²) in [6, 6.07) is 0.383. The number of ether oxygens (including phenoxy) is 1. The van der Waals surface area contributed by atoms with Gasteiger partial charge in [-0.05, 0) is 38.3 Å². The van der Waals surface area contributed by atoms with E-state index in [1.165, 1.54) is 6.42 Å². The molecule has 2 aliphatic heterocycles. The van der Waals surface area contributed by atoms with Gasteiger partial charge in [0.1, 0.15) is 0 Å². The van der Waals surface area contributed by atoms with Crippen molar-refractivity contribution in [1.82, 2.24) is 5.32 Å². The van der Waals surface area contributed by atoms with Crippen LogP contribution in [0.4, 0.5) is 0 Å². The fourth-order valence-electron chi connectivity index (χ4n) is 2.01. The molecule has 1 fully saturated rings. The number of carbonyl (C=O) groups excluding carboxylic acids is 1. The van der Waals surface area contributed by atoms with Crippen LogP contribution in [-0.2, 0) is 9.53 Å². The van der Waals surface area contributed by atoms with E-state index in [4.69, 9.17) is 4.74 Å². The first kappa shape index (κ1) is 9.71. The second-order valence-corrected chi connectivity index (χ2v) is 3.98. The molecule has 2 rings (SSSR count). The van der Waals surface area contributed by atoms with Gasteiger partial charge in [-0.2, -0.15) is 0 Å². The highest BCUT2D eigenvalue weighted by atomic mass is 16.5. The molecule has 1 saturated heterocycles. The summed E-state index contributed by atoms with van der Waals surface area (Å²) in [6.45, 7) is 1.76. The summed E-state index contributed by atoms with van der Waals surface area (Å²) in [4.78, 5) is 11.7. The number of nitrogens with one attached hydrogen (secondary N) is 1. The molecular weight excluding hydrogens is 178 g/mol. The van der Waals surface area contributed by atoms with E-state index in [0.717, 1.165) is 25.8 Å². The molecule has 2 heterocycles. The molecule has 78 valence electrons. The van der Waals surface area contributed by atoms with Gasteiger partial charge in [-0.25, -0.2) is 0 Å². The van der Waals surface area contributed by atoms with E-state index in [1.807, 2.05) is 6.08 Å². The van der Waals surface area contributed by atoms with Crippen LogP contribution in [0, 0.1) is 0 Å². The number of hydrogen-bond acceptors (Lipinski definition) is 3. The largest absolute Gasteiger partial charge is 0.490 e. The van der Waals surface area contributed by atoms with Gasteiger partial charge in [-0.1, -0.05) is 0 Å². The van der Waals surface area contributed by atoms with E-state index >= 15 is 0 Å². The maximum Gasteiger partial charge on any atom is 0.198 e. The molecule has 3 nitrogen and oxygen atoms in total. The lowest BCUT2D eigenvalue weighted by molar-refractivity contribution is -0.119. The summed E-state index contributed by atoms with van der Waals surface area (Å²) in [5.74, 6) is 0.772. The Morgan fingerprint density at radius 3 is 3.14 bits per heavy atom. The molecular formula is C11H17NO2. The van der Waals surface area contributed by atoms with Crippen LogP contribution in [-0.4, -0.2) is 25.0 Å². The van der Waals surface area contributed by atoms with Crippen molar-refractivity contribution < 1.29 is 9.53 Å². The molecule has 0 aliphatic carbocycles. The molecule has 0 saturated carbocycles. The maximum absolute atomic E-state index is 11.7. The lowest BCUT2D eigenvalue weighted by Crippen LogP contribution is -2.26. The number of hydrogen-bond donors (Lipinski definition) is 1. The van der Waals surface area contributed by atoms with Crippen molar-refractivity contribution in [2.24, 2.45) is 0 Å². The predicted octanol–water partition coefficient (Wildman–Crippen LogP) is 1.39. The van der Waals surface area contributed by atoms with Crippen LogP contribution in [0.3, 0.4) is 0 Å². The molecule has 0 aromatic carbocycles. The second-order valence-electron chi connectivity index (χ2n) is 3.98. The van der Waals surface area contributed by atoms with Crippen molar-refractivity contribution in [2.45, 2.75) is 38.1 Å². The Kier molecular flexibility index (Phi) is 3.19. The smallest absolute Gasteiger partial charge is 0.198 e. The van der Waals surface area contributed by atoms with Gasteiger partial charge in [-0.3, -0.25) is 4.79 Å². The Morgan fingerprint density at radius 2 is 2.50 bits per heavy atom. The van der Waals surface area contributed by atoms with Crippen molar-refractivity contribution in [3.63, 3.8) is 0 Å². The van der Waals surface area contributed by atoms with E-state index in [2.05, 4.69) is 5.32 Å². The van der Waals surface area contributed by atoms with Gasteiger partial charge in [0.05, 0.1) is 6.61 Å². The first-order valence-corrected chi connectivity index (χ1v) is 5.46. The van der Waals surface area contributed by atoms with Crippen molar-refractivity contribution >= 4 is 5.78 Å². The third-order valence-electron chi connectivity index (χ3n) is 2.80. The van der Waals surface area contributed by atoms with Gasteiger partial charge < -0.3 is 10.1 Å². The van der Waals surface area contributed by atoms with E-state index in [1.54, 1.807) is 0 Å². The van der Waals surface area contributed by atoms with Crippen LogP contribution in [0.1, 0.15) is 32.1 Å². The van der Waals surface area contributed by atoms with Crippen LogP contribution in [0.25, 0.3) is 0 Å². The molecule has 0 radical (unpaired) electrons. The maximum atomic E-state index is 11.7. The summed E-state index contributed by atoms with van der Waals surface area (Å²) in [6.07, 6.45) is 6.88. The topological polar surface area (TPSA) is 38.3 Å². The first-order chi connectivity index (χ1) is 6.86. The highest BCUT2D eigenvalue weighted by molar-refractivity contribution is 5.93. The fourth-order valence-corrected chi connectivity index (χ4v) is 2.01. The molecule has 1 atom stereocenters. The average molecular weight is 195 g/mol. The molecule has 3 heteroatoms. The number of Topliss-reactive ketones (excluding diaryl/α,β-unsaturated/α-hetero) is 1. The molecule has 14 heavy (non-hydrogen) atoms. The van der Waals surface area contributed by atoms with E-state index in [-0.39, 0.29) is 5.78 Å². The molecule has 1 N–H and O–H groups in total. The minimum absolute atomic E-state index is 0.170. The summed E-state index contributed by atoms with van der Waals surface area (Å²) in [5, 5.41) is 3.32. The number of carbonyl (C=O) groups is 1. The monoisotopic (exact) mass is 195 g/mol. The van der Waals surface area contributed by atoms with Gasteiger partial charge >= 0.3 is 0 Å². The van der Waals surface area contributed by atoms with E-state index in [0.29, 0.717) is 24.8 Å². The lowest BCUT2D eigenvalue weighted by atomic mass is 10.1. The SMILES string of the molecule is O=C(CC1CCCN1)C1=CCCCO1. The van der Waals surface area contributed by atoms with Gasteiger partial charge in [0.25, 0.3) is 0 Å². The van der Waals surface area contributed by atoms with Gasteiger partial charge in [0.2, 0.25) is 0 Å². The number of ketones is 1. The predicted molar refractivity (Wildman–Crippen MR) is 53.9 cm³/mol. The van der Waals surface area contributed by atoms with Crippen LogP contribution >= 0.6 is 0 Å². The Morgan fingerprint density at radius 1 is 1.57 bits per heavy atom. The van der Waals surface area contributed by atoms with Crippen molar-refractivity contribution in [3.8, 4) is 0 Å². The van der Waals surface area contributed by atoms with E-state index in [9.17, 15) is 4.79 Å². The van der Waals surface area contributed by atoms with Crippen molar-refractivity contribution in [3.05, 3.63) is 11.8 Å². The molecule has 0 aromatic rings. The third kappa shape index (κ3) is 2.35. The average Bonchev–Trinajstić information content (AvgIpc) is 2.72. The Balaban J connectivity index is 1.84. The van der Waals surface area contributed by atoms with Crippen molar-refractivity contribution in [2.75, 3.05) is 13.2 Å². The minimum Gasteiger partial charge on any atom is -0.490 e. The van der Waals surface area contributed by atoms with Crippen LogP contribution in [0.2, 0.25) is 0 Å². The normalized spacial score (nSPS) is 26.9. The molecule has 0 amide bonds. The minimum atomic E-state index is 0.170. The van der Waals surface area contributed by atoms with Gasteiger partial charge in [0.15, 0.2) is 11.5 Å². The van der Waals surface area contributed by atoms with Gasteiger partial charge in [-0.15, -0.1) is 0 Å². The zero-order valence-corrected chi connectivity index (χ0v) is 8.42. The second kappa shape index (κ2) is 4.60. The first-order valence-electron chi connectivity index (χ1n) is 5.46. The summed E-state index contributed by atoms with van der Waals surface area (Å²) in [5.41, 5.74) is 0. The lowest BCUT2D eigenvalue weighted by Gasteiger charge is -2.15. The zero-order valence-electron chi connectivity index (χ0n) is 8.42. The highest BCUT2D eigenvalue weighted by Crippen LogP contribution is 2.16. The van der Waals surface area contributed by atoms with Crippen LogP contribution in [0.15, 0.2) is 11.8 Å². The number of allylic oxidation sites excluding steroid dienone is 2. The highest BCUT2D eigenvalue weighted by Gasteiger charge is 2.21. The Bertz CT molecular complexity index is 242. The summed E-state index contributed by atoms with van der Waals surface area (Å²) >= 11 is 0. The van der Waals surface area contributed by atoms with Gasteiger partial charge in [0, 0.05) is 12.5 Å². The zero-order chi connectivity index (χ0) is 9.80. The summed E-state index contributed by atoms with van der Waals surface area (Å²) in [7, 11) is 0. The Labute approximate surface area is 84.5 Å². The standard InChI is InChI=1S/C11H17NO2/c13-10(8-9-4-3-6-12-9)11-5-1-2-7-14-11/h5,9,12H,1-4,6-8H2. The van der Waals surface area contributed by atoms with Crippen LogP contribution < -0.4 is 5.32 Å². The molecule has 2 aliphatic rings. The quantitative estimate of drug-likeness (QED) is 0.739. The molecule has 0 bridgehead atoms. The van der Waals surface area contributed by atoms with E-state index < -0.39 is 0 Å². The molecule has 0 spiro atoms. The Hall–Kier alpha value is -0.830. The number of rotatable bonds is 3. The van der Waals surface area contributed by atoms with Crippen LogP contribution in [0.5, 0.6) is 0 Å². The fraction of sp³-hybridized carbons (Fsp3) is 0.727. The molecule has 1 unspecified atom stereocenters. The molecule has 0 aromatic heterocycles. The van der Waals surface area contributed by atoms with Crippen molar-refractivity contribution in [1.29, 1.82) is 0 Å². The third-order valence-corrected chi connectivity index (χ3v) is 2.80. The summed E-state index contributed by atoms with van der Waals surface area (Å²) < 4.78 is 5.33.